The van der Waals surface area contributed by atoms with Crippen LogP contribution in [0.1, 0.15) is 50.2 Å². The average molecular weight is 596 g/mol. The highest BCUT2D eigenvalue weighted by molar-refractivity contribution is 7.92. The van der Waals surface area contributed by atoms with Gasteiger partial charge in [0.25, 0.3) is 10.0 Å². The first-order valence-electron chi connectivity index (χ1n) is 14.2. The zero-order valence-electron chi connectivity index (χ0n) is 24.3. The Bertz CT molecular complexity index is 1490. The number of anilines is 1. The second kappa shape index (κ2) is 13.8. The first kappa shape index (κ1) is 31.0. The maximum atomic E-state index is 14.8. The van der Waals surface area contributed by atoms with Gasteiger partial charge in [-0.2, -0.15) is 0 Å². The van der Waals surface area contributed by atoms with Crippen LogP contribution in [0.15, 0.2) is 77.7 Å². The molecule has 1 aliphatic rings. The monoisotopic (exact) mass is 595 g/mol. The number of hydrogen-bond acceptors (Lipinski definition) is 5. The number of benzene rings is 3. The number of rotatable bonds is 11. The Kier molecular flexibility index (Phi) is 10.2. The lowest BCUT2D eigenvalue weighted by atomic mass is 9.95. The van der Waals surface area contributed by atoms with Crippen molar-refractivity contribution < 1.29 is 27.1 Å². The molecule has 1 N–H and O–H groups in total. The molecule has 0 bridgehead atoms. The third-order valence-electron chi connectivity index (χ3n) is 7.63. The van der Waals surface area contributed by atoms with Gasteiger partial charge in [-0.1, -0.05) is 61.7 Å². The number of carbonyl (C=O) groups is 2. The summed E-state index contributed by atoms with van der Waals surface area (Å²) in [6.07, 6.45) is 4.86. The van der Waals surface area contributed by atoms with E-state index in [2.05, 4.69) is 5.32 Å². The Morgan fingerprint density at radius 1 is 1.00 bits per heavy atom. The van der Waals surface area contributed by atoms with Gasteiger partial charge in [-0.3, -0.25) is 13.9 Å². The minimum Gasteiger partial charge on any atom is -0.495 e. The molecule has 8 nitrogen and oxygen atoms in total. The van der Waals surface area contributed by atoms with Crippen LogP contribution in [0.4, 0.5) is 10.1 Å². The lowest BCUT2D eigenvalue weighted by molar-refractivity contribution is -0.139. The van der Waals surface area contributed by atoms with E-state index in [-0.39, 0.29) is 40.4 Å². The number of halogens is 1. The summed E-state index contributed by atoms with van der Waals surface area (Å²) in [7, 11) is -2.83. The normalized spacial score (nSPS) is 14.6. The fraction of sp³-hybridized carbons (Fsp3) is 0.375. The van der Waals surface area contributed by atoms with E-state index in [0.717, 1.165) is 42.0 Å². The molecule has 0 radical (unpaired) electrons. The van der Waals surface area contributed by atoms with Gasteiger partial charge in [-0.15, -0.1) is 0 Å². The van der Waals surface area contributed by atoms with Gasteiger partial charge in [0.05, 0.1) is 17.7 Å². The SMILES string of the molecule is COc1ccc(C)cc1N(CC(=O)N(Cc1ccccc1F)C(C)C(=O)NC1CCCCC1)S(=O)(=O)c1ccccc1. The number of hydrogen-bond donors (Lipinski definition) is 1. The summed E-state index contributed by atoms with van der Waals surface area (Å²) < 4.78 is 49.3. The Morgan fingerprint density at radius 2 is 1.67 bits per heavy atom. The predicted octanol–water partition coefficient (Wildman–Crippen LogP) is 5.20. The lowest BCUT2D eigenvalue weighted by Gasteiger charge is -2.33. The first-order valence-corrected chi connectivity index (χ1v) is 15.6. The van der Waals surface area contributed by atoms with Crippen LogP contribution in [-0.4, -0.2) is 50.9 Å². The van der Waals surface area contributed by atoms with Crippen molar-refractivity contribution in [2.45, 2.75) is 69.5 Å². The van der Waals surface area contributed by atoms with Crippen molar-refractivity contribution in [3.63, 3.8) is 0 Å². The van der Waals surface area contributed by atoms with Gasteiger partial charge in [0, 0.05) is 18.2 Å². The molecule has 3 aromatic carbocycles. The number of carbonyl (C=O) groups excluding carboxylic acids is 2. The highest BCUT2D eigenvalue weighted by Crippen LogP contribution is 2.34. The molecule has 1 aliphatic carbocycles. The van der Waals surface area contributed by atoms with Crippen molar-refractivity contribution in [1.82, 2.24) is 10.2 Å². The lowest BCUT2D eigenvalue weighted by Crippen LogP contribution is -2.53. The summed E-state index contributed by atoms with van der Waals surface area (Å²) in [5, 5.41) is 3.04. The van der Waals surface area contributed by atoms with E-state index >= 15 is 0 Å². The van der Waals surface area contributed by atoms with Crippen LogP contribution in [0.5, 0.6) is 5.75 Å². The topological polar surface area (TPSA) is 96.0 Å². The highest BCUT2D eigenvalue weighted by atomic mass is 32.2. The summed E-state index contributed by atoms with van der Waals surface area (Å²) in [5.74, 6) is -1.29. The van der Waals surface area contributed by atoms with Crippen LogP contribution >= 0.6 is 0 Å². The second-order valence-corrected chi connectivity index (χ2v) is 12.5. The smallest absolute Gasteiger partial charge is 0.264 e. The Balaban J connectivity index is 1.73. The van der Waals surface area contributed by atoms with Crippen molar-refractivity contribution >= 4 is 27.5 Å². The quantitative estimate of drug-likeness (QED) is 0.329. The number of methoxy groups -OCH3 is 1. The van der Waals surface area contributed by atoms with Crippen LogP contribution < -0.4 is 14.4 Å². The van der Waals surface area contributed by atoms with Gasteiger partial charge in [-0.05, 0) is 62.6 Å². The summed E-state index contributed by atoms with van der Waals surface area (Å²) in [6, 6.07) is 17.9. The molecule has 2 amide bonds. The van der Waals surface area contributed by atoms with Crippen molar-refractivity contribution in [3.05, 3.63) is 89.7 Å². The highest BCUT2D eigenvalue weighted by Gasteiger charge is 2.34. The Morgan fingerprint density at radius 3 is 2.33 bits per heavy atom. The van der Waals surface area contributed by atoms with E-state index in [4.69, 9.17) is 4.74 Å². The number of amides is 2. The summed E-state index contributed by atoms with van der Waals surface area (Å²) in [5.41, 5.74) is 1.16. The molecule has 1 unspecified atom stereocenters. The number of nitrogens with zero attached hydrogens (tertiary/aromatic N) is 2. The van der Waals surface area contributed by atoms with E-state index in [1.807, 2.05) is 0 Å². The zero-order chi connectivity index (χ0) is 30.3. The molecule has 0 heterocycles. The van der Waals surface area contributed by atoms with E-state index in [0.29, 0.717) is 0 Å². The van der Waals surface area contributed by atoms with E-state index < -0.39 is 34.3 Å². The molecule has 0 aromatic heterocycles. The molecule has 1 fully saturated rings. The maximum Gasteiger partial charge on any atom is 0.264 e. The van der Waals surface area contributed by atoms with Crippen molar-refractivity contribution in [3.8, 4) is 5.75 Å². The summed E-state index contributed by atoms with van der Waals surface area (Å²) >= 11 is 0. The molecular weight excluding hydrogens is 557 g/mol. The molecule has 10 heteroatoms. The number of sulfonamides is 1. The minimum atomic E-state index is -4.25. The standard InChI is InChI=1S/C32H38FN3O5S/c1-23-18-19-30(41-3)29(20-23)36(42(39,40)27-15-8-5-9-16-27)22-31(37)35(21-25-12-10-11-17-28(25)33)24(2)32(38)34-26-13-6-4-7-14-26/h5,8-12,15-20,24,26H,4,6-7,13-14,21-22H2,1-3H3,(H,34,38). The van der Waals surface area contributed by atoms with Gasteiger partial charge in [0.15, 0.2) is 0 Å². The van der Waals surface area contributed by atoms with E-state index in [1.165, 1.54) is 30.2 Å². The molecule has 0 saturated heterocycles. The van der Waals surface area contributed by atoms with Crippen LogP contribution in [-0.2, 0) is 26.2 Å². The Labute approximate surface area is 247 Å². The zero-order valence-corrected chi connectivity index (χ0v) is 25.1. The van der Waals surface area contributed by atoms with Gasteiger partial charge in [0.1, 0.15) is 24.2 Å². The molecular formula is C32H38FN3O5S. The van der Waals surface area contributed by atoms with Gasteiger partial charge in [-0.25, -0.2) is 12.8 Å². The average Bonchev–Trinajstić information content (AvgIpc) is 2.99. The van der Waals surface area contributed by atoms with Gasteiger partial charge < -0.3 is 15.0 Å². The van der Waals surface area contributed by atoms with Crippen LogP contribution in [0, 0.1) is 12.7 Å². The molecule has 3 aromatic rings. The fourth-order valence-corrected chi connectivity index (χ4v) is 6.63. The van der Waals surface area contributed by atoms with Crippen molar-refractivity contribution in [2.24, 2.45) is 0 Å². The number of nitrogens with one attached hydrogen (secondary N) is 1. The van der Waals surface area contributed by atoms with Crippen LogP contribution in [0.2, 0.25) is 0 Å². The molecule has 0 aliphatic heterocycles. The molecule has 224 valence electrons. The van der Waals surface area contributed by atoms with Crippen molar-refractivity contribution in [1.29, 1.82) is 0 Å². The van der Waals surface area contributed by atoms with Crippen molar-refractivity contribution in [2.75, 3.05) is 18.0 Å². The van der Waals surface area contributed by atoms with Crippen LogP contribution in [0.25, 0.3) is 0 Å². The molecule has 42 heavy (non-hydrogen) atoms. The molecule has 1 saturated carbocycles. The molecule has 1 atom stereocenters. The second-order valence-electron chi connectivity index (χ2n) is 10.6. The fourth-order valence-electron chi connectivity index (χ4n) is 5.19. The third-order valence-corrected chi connectivity index (χ3v) is 9.40. The Hall–Kier alpha value is -3.92. The predicted molar refractivity (Wildman–Crippen MR) is 160 cm³/mol. The summed E-state index contributed by atoms with van der Waals surface area (Å²) in [6.45, 7) is 2.54. The third kappa shape index (κ3) is 7.28. The van der Waals surface area contributed by atoms with Crippen LogP contribution in [0.3, 0.4) is 0 Å². The van der Waals surface area contributed by atoms with E-state index in [9.17, 15) is 22.4 Å². The van der Waals surface area contributed by atoms with Gasteiger partial charge >= 0.3 is 0 Å². The number of ether oxygens (including phenoxy) is 1. The number of aryl methyl sites for hydroxylation is 1. The largest absolute Gasteiger partial charge is 0.495 e. The minimum absolute atomic E-state index is 0.00521. The molecule has 4 rings (SSSR count). The maximum absolute atomic E-state index is 14.8. The first-order chi connectivity index (χ1) is 20.1. The summed E-state index contributed by atoms with van der Waals surface area (Å²) in [4.78, 5) is 28.8. The van der Waals surface area contributed by atoms with E-state index in [1.54, 1.807) is 68.4 Å². The van der Waals surface area contributed by atoms with Gasteiger partial charge in [0.2, 0.25) is 11.8 Å². The molecule has 0 spiro atoms.